The van der Waals surface area contributed by atoms with Crippen LogP contribution in [-0.2, 0) is 0 Å². The zero-order valence-corrected chi connectivity index (χ0v) is 23.3. The standard InChI is InChI=1S/C30H20I2O4/c31-21-6-1-8-23(16-21)33-25-10-3-12-27(18-25)35-29-14-5-15-30(20-29)36-28-13-4-11-26(19-28)34-24-9-2-7-22(32)17-24/h1-20H. The van der Waals surface area contributed by atoms with Gasteiger partial charge in [0, 0.05) is 25.3 Å². The second kappa shape index (κ2) is 11.7. The Bertz CT molecular complexity index is 1380. The van der Waals surface area contributed by atoms with E-state index < -0.39 is 0 Å². The molecule has 0 unspecified atom stereocenters. The molecular weight excluding hydrogens is 678 g/mol. The first-order chi connectivity index (χ1) is 17.6. The lowest BCUT2D eigenvalue weighted by Crippen LogP contribution is -1.89. The maximum absolute atomic E-state index is 6.09. The van der Waals surface area contributed by atoms with Crippen molar-refractivity contribution in [3.63, 3.8) is 0 Å². The molecule has 0 saturated heterocycles. The summed E-state index contributed by atoms with van der Waals surface area (Å²) in [6.45, 7) is 0. The molecule has 5 rings (SSSR count). The van der Waals surface area contributed by atoms with Gasteiger partial charge >= 0.3 is 0 Å². The molecule has 0 fully saturated rings. The number of benzene rings is 5. The van der Waals surface area contributed by atoms with Crippen LogP contribution in [0.15, 0.2) is 121 Å². The lowest BCUT2D eigenvalue weighted by molar-refractivity contribution is 0.447. The molecule has 0 atom stereocenters. The Balaban J connectivity index is 1.26. The van der Waals surface area contributed by atoms with E-state index in [9.17, 15) is 0 Å². The van der Waals surface area contributed by atoms with Crippen molar-refractivity contribution < 1.29 is 18.9 Å². The fourth-order valence-electron chi connectivity index (χ4n) is 3.41. The van der Waals surface area contributed by atoms with Crippen molar-refractivity contribution in [1.82, 2.24) is 0 Å². The summed E-state index contributed by atoms with van der Waals surface area (Å²) in [6.07, 6.45) is 0. The van der Waals surface area contributed by atoms with Crippen molar-refractivity contribution in [3.8, 4) is 46.0 Å². The lowest BCUT2D eigenvalue weighted by Gasteiger charge is -2.12. The molecule has 178 valence electrons. The Labute approximate surface area is 237 Å². The maximum Gasteiger partial charge on any atom is 0.131 e. The average Bonchev–Trinajstić information content (AvgIpc) is 2.85. The fourth-order valence-corrected chi connectivity index (χ4v) is 4.44. The monoisotopic (exact) mass is 698 g/mol. The van der Waals surface area contributed by atoms with E-state index in [1.807, 2.05) is 121 Å². The highest BCUT2D eigenvalue weighted by atomic mass is 127. The van der Waals surface area contributed by atoms with E-state index in [4.69, 9.17) is 18.9 Å². The zero-order chi connectivity index (χ0) is 24.7. The molecule has 0 aliphatic heterocycles. The molecule has 5 aromatic rings. The second-order valence-corrected chi connectivity index (χ2v) is 10.2. The van der Waals surface area contributed by atoms with Crippen LogP contribution in [0.3, 0.4) is 0 Å². The van der Waals surface area contributed by atoms with Crippen molar-refractivity contribution in [2.75, 3.05) is 0 Å². The molecule has 6 heteroatoms. The van der Waals surface area contributed by atoms with E-state index in [0.717, 1.165) is 18.6 Å². The van der Waals surface area contributed by atoms with Gasteiger partial charge < -0.3 is 18.9 Å². The maximum atomic E-state index is 6.09. The van der Waals surface area contributed by atoms with Gasteiger partial charge in [0.1, 0.15) is 46.0 Å². The number of halogens is 2. The molecule has 0 saturated carbocycles. The van der Waals surface area contributed by atoms with Crippen LogP contribution in [-0.4, -0.2) is 0 Å². The molecule has 0 radical (unpaired) electrons. The van der Waals surface area contributed by atoms with Crippen molar-refractivity contribution in [2.24, 2.45) is 0 Å². The second-order valence-electron chi connectivity index (χ2n) is 7.75. The Morgan fingerprint density at radius 1 is 0.306 bits per heavy atom. The Hall–Kier alpha value is -3.24. The van der Waals surface area contributed by atoms with Crippen LogP contribution >= 0.6 is 45.2 Å². The molecule has 0 aliphatic rings. The number of rotatable bonds is 8. The van der Waals surface area contributed by atoms with Crippen LogP contribution in [0.2, 0.25) is 0 Å². The highest BCUT2D eigenvalue weighted by molar-refractivity contribution is 14.1. The van der Waals surface area contributed by atoms with E-state index in [2.05, 4.69) is 45.2 Å². The first kappa shape index (κ1) is 24.5. The summed E-state index contributed by atoms with van der Waals surface area (Å²) in [5, 5.41) is 0. The predicted molar refractivity (Wildman–Crippen MR) is 158 cm³/mol. The van der Waals surface area contributed by atoms with Crippen molar-refractivity contribution in [3.05, 3.63) is 128 Å². The minimum Gasteiger partial charge on any atom is -0.457 e. The SMILES string of the molecule is Ic1cccc(Oc2cccc(Oc3cccc(Oc4cccc(Oc5cccc(I)c5)c4)c3)c2)c1. The van der Waals surface area contributed by atoms with E-state index >= 15 is 0 Å². The highest BCUT2D eigenvalue weighted by Gasteiger charge is 2.06. The Morgan fingerprint density at radius 2 is 0.528 bits per heavy atom. The minimum absolute atomic E-state index is 0.658. The molecule has 36 heavy (non-hydrogen) atoms. The zero-order valence-electron chi connectivity index (χ0n) is 18.9. The smallest absolute Gasteiger partial charge is 0.131 e. The molecule has 0 heterocycles. The van der Waals surface area contributed by atoms with Gasteiger partial charge in [-0.1, -0.05) is 30.3 Å². The van der Waals surface area contributed by atoms with Gasteiger partial charge in [-0.05, 0) is 118 Å². The van der Waals surface area contributed by atoms with Crippen LogP contribution < -0.4 is 18.9 Å². The van der Waals surface area contributed by atoms with E-state index in [0.29, 0.717) is 34.5 Å². The summed E-state index contributed by atoms with van der Waals surface area (Å²) in [6, 6.07) is 38.4. The molecule has 5 aromatic carbocycles. The van der Waals surface area contributed by atoms with Crippen LogP contribution in [0.4, 0.5) is 0 Å². The summed E-state index contributed by atoms with van der Waals surface area (Å²) in [5.41, 5.74) is 0. The largest absolute Gasteiger partial charge is 0.457 e. The number of hydrogen-bond acceptors (Lipinski definition) is 4. The van der Waals surface area contributed by atoms with Crippen LogP contribution in [0, 0.1) is 7.14 Å². The van der Waals surface area contributed by atoms with Gasteiger partial charge in [0.2, 0.25) is 0 Å². The third-order valence-corrected chi connectivity index (χ3v) is 6.29. The van der Waals surface area contributed by atoms with Gasteiger partial charge in [-0.15, -0.1) is 0 Å². The van der Waals surface area contributed by atoms with Crippen molar-refractivity contribution in [1.29, 1.82) is 0 Å². The lowest BCUT2D eigenvalue weighted by atomic mass is 10.3. The highest BCUT2D eigenvalue weighted by Crippen LogP contribution is 2.33. The van der Waals surface area contributed by atoms with Gasteiger partial charge in [0.05, 0.1) is 0 Å². The van der Waals surface area contributed by atoms with Gasteiger partial charge in [0.15, 0.2) is 0 Å². The number of hydrogen-bond donors (Lipinski definition) is 0. The van der Waals surface area contributed by atoms with Crippen molar-refractivity contribution >= 4 is 45.2 Å². The molecule has 4 nitrogen and oxygen atoms in total. The van der Waals surface area contributed by atoms with Crippen LogP contribution in [0.5, 0.6) is 46.0 Å². The molecule has 0 N–H and O–H groups in total. The van der Waals surface area contributed by atoms with E-state index in [1.165, 1.54) is 0 Å². The van der Waals surface area contributed by atoms with Crippen LogP contribution in [0.1, 0.15) is 0 Å². The quantitative estimate of drug-likeness (QED) is 0.151. The normalized spacial score (nSPS) is 10.5. The molecule has 0 aliphatic carbocycles. The van der Waals surface area contributed by atoms with E-state index in [1.54, 1.807) is 0 Å². The summed E-state index contributed by atoms with van der Waals surface area (Å²) < 4.78 is 26.4. The molecular formula is C30H20I2O4. The Kier molecular flexibility index (Phi) is 7.92. The molecule has 0 bridgehead atoms. The summed E-state index contributed by atoms with van der Waals surface area (Å²) in [7, 11) is 0. The minimum atomic E-state index is 0.658. The third kappa shape index (κ3) is 6.92. The van der Waals surface area contributed by atoms with E-state index in [-0.39, 0.29) is 0 Å². The molecule has 0 spiro atoms. The van der Waals surface area contributed by atoms with Crippen LogP contribution in [0.25, 0.3) is 0 Å². The topological polar surface area (TPSA) is 36.9 Å². The average molecular weight is 698 g/mol. The van der Waals surface area contributed by atoms with Crippen molar-refractivity contribution in [2.45, 2.75) is 0 Å². The first-order valence-corrected chi connectivity index (χ1v) is 13.3. The van der Waals surface area contributed by atoms with Gasteiger partial charge in [-0.25, -0.2) is 0 Å². The number of ether oxygens (including phenoxy) is 4. The predicted octanol–water partition coefficient (Wildman–Crippen LogP) is 10.1. The summed E-state index contributed by atoms with van der Waals surface area (Å²) in [5.74, 6) is 5.62. The molecule has 0 aromatic heterocycles. The van der Waals surface area contributed by atoms with Gasteiger partial charge in [-0.3, -0.25) is 0 Å². The molecule has 0 amide bonds. The fraction of sp³-hybridized carbons (Fsp3) is 0. The van der Waals surface area contributed by atoms with Gasteiger partial charge in [-0.2, -0.15) is 0 Å². The first-order valence-electron chi connectivity index (χ1n) is 11.1. The Morgan fingerprint density at radius 3 is 0.778 bits per heavy atom. The summed E-state index contributed by atoms with van der Waals surface area (Å²) in [4.78, 5) is 0. The summed E-state index contributed by atoms with van der Waals surface area (Å²) >= 11 is 4.53. The third-order valence-electron chi connectivity index (χ3n) is 4.95. The van der Waals surface area contributed by atoms with Gasteiger partial charge in [0.25, 0.3) is 0 Å².